The van der Waals surface area contributed by atoms with Crippen LogP contribution in [-0.2, 0) is 12.0 Å². The van der Waals surface area contributed by atoms with Gasteiger partial charge in [0.05, 0.1) is 11.3 Å². The Morgan fingerprint density at radius 2 is 1.77 bits per heavy atom. The first-order chi connectivity index (χ1) is 15.1. The molecule has 0 bridgehead atoms. The molecule has 0 saturated heterocycles. The molecule has 2 heterocycles. The maximum atomic E-state index is 9.70. The molecule has 0 unspecified atom stereocenters. The van der Waals surface area contributed by atoms with Crippen molar-refractivity contribution in [2.45, 2.75) is 24.8 Å². The standard InChI is InChI=1S/C25H24N4O2/c1-29(16-20-15-26-13-14-27-20)17-25(11-12-25)24-22(18-5-3-2-4-6-18)23(28-31-24)19-7-9-21(30)10-8-19/h2-10,13-15,30H,11-12,16-17H2,1H3. The molecule has 1 aliphatic rings. The lowest BCUT2D eigenvalue weighted by Gasteiger charge is -2.22. The third-order valence-corrected chi connectivity index (χ3v) is 5.85. The zero-order valence-electron chi connectivity index (χ0n) is 17.4. The lowest BCUT2D eigenvalue weighted by Crippen LogP contribution is -2.29. The number of rotatable bonds is 7. The second-order valence-electron chi connectivity index (χ2n) is 8.30. The molecule has 2 aromatic heterocycles. The van der Waals surface area contributed by atoms with Gasteiger partial charge in [-0.1, -0.05) is 35.5 Å². The summed E-state index contributed by atoms with van der Waals surface area (Å²) in [5.41, 5.74) is 4.75. The van der Waals surface area contributed by atoms with Crippen molar-refractivity contribution in [2.75, 3.05) is 13.6 Å². The molecule has 5 rings (SSSR count). The normalized spacial score (nSPS) is 14.6. The minimum absolute atomic E-state index is 0.0652. The summed E-state index contributed by atoms with van der Waals surface area (Å²) in [6.45, 7) is 1.59. The molecule has 0 amide bonds. The number of phenolic OH excluding ortho intramolecular Hbond substituents is 1. The minimum atomic E-state index is -0.0652. The molecule has 0 spiro atoms. The number of hydrogen-bond acceptors (Lipinski definition) is 6. The Hall–Kier alpha value is -3.51. The molecule has 0 atom stereocenters. The van der Waals surface area contributed by atoms with Gasteiger partial charge in [0.1, 0.15) is 11.4 Å². The van der Waals surface area contributed by atoms with Crippen LogP contribution in [0.1, 0.15) is 24.3 Å². The fourth-order valence-corrected chi connectivity index (χ4v) is 4.21. The van der Waals surface area contributed by atoms with Gasteiger partial charge in [-0.05, 0) is 49.7 Å². The quantitative estimate of drug-likeness (QED) is 0.476. The van der Waals surface area contributed by atoms with Gasteiger partial charge in [-0.25, -0.2) is 0 Å². The molecule has 1 N–H and O–H groups in total. The molecule has 6 nitrogen and oxygen atoms in total. The monoisotopic (exact) mass is 412 g/mol. The van der Waals surface area contributed by atoms with Crippen molar-refractivity contribution in [1.82, 2.24) is 20.0 Å². The van der Waals surface area contributed by atoms with Crippen LogP contribution in [0.15, 0.2) is 77.7 Å². The van der Waals surface area contributed by atoms with Crippen LogP contribution in [0.25, 0.3) is 22.4 Å². The zero-order valence-corrected chi connectivity index (χ0v) is 17.4. The van der Waals surface area contributed by atoms with E-state index in [1.807, 2.05) is 36.5 Å². The number of phenols is 1. The smallest absolute Gasteiger partial charge is 0.152 e. The maximum Gasteiger partial charge on any atom is 0.152 e. The van der Waals surface area contributed by atoms with E-state index in [4.69, 9.17) is 4.52 Å². The van der Waals surface area contributed by atoms with Crippen LogP contribution in [-0.4, -0.2) is 38.7 Å². The van der Waals surface area contributed by atoms with Crippen molar-refractivity contribution < 1.29 is 9.63 Å². The number of aromatic hydroxyl groups is 1. The molecule has 1 fully saturated rings. The Morgan fingerprint density at radius 1 is 1.00 bits per heavy atom. The van der Waals surface area contributed by atoms with E-state index in [9.17, 15) is 5.11 Å². The molecular formula is C25H24N4O2. The third-order valence-electron chi connectivity index (χ3n) is 5.85. The van der Waals surface area contributed by atoms with E-state index in [1.54, 1.807) is 24.5 Å². The Labute approximate surface area is 181 Å². The number of aromatic nitrogens is 3. The molecule has 1 aliphatic carbocycles. The first-order valence-electron chi connectivity index (χ1n) is 10.4. The van der Waals surface area contributed by atoms with Crippen LogP contribution in [0.2, 0.25) is 0 Å². The minimum Gasteiger partial charge on any atom is -0.508 e. The Bertz CT molecular complexity index is 1150. The first-order valence-corrected chi connectivity index (χ1v) is 10.4. The van der Waals surface area contributed by atoms with Gasteiger partial charge in [-0.2, -0.15) is 0 Å². The highest BCUT2D eigenvalue weighted by Gasteiger charge is 2.50. The summed E-state index contributed by atoms with van der Waals surface area (Å²) >= 11 is 0. The molecule has 4 aromatic rings. The van der Waals surface area contributed by atoms with Crippen molar-refractivity contribution in [2.24, 2.45) is 0 Å². The second kappa shape index (κ2) is 7.96. The van der Waals surface area contributed by atoms with Crippen molar-refractivity contribution in [3.05, 3.63) is 84.6 Å². The Kier molecular flexibility index (Phi) is 5.00. The van der Waals surface area contributed by atoms with E-state index in [0.29, 0.717) is 0 Å². The average Bonchev–Trinajstić information content (AvgIpc) is 3.42. The summed E-state index contributed by atoms with van der Waals surface area (Å²) in [5.74, 6) is 1.17. The zero-order chi connectivity index (χ0) is 21.3. The van der Waals surface area contributed by atoms with Crippen molar-refractivity contribution >= 4 is 0 Å². The molecule has 2 aromatic carbocycles. The summed E-state index contributed by atoms with van der Waals surface area (Å²) in [7, 11) is 2.11. The van der Waals surface area contributed by atoms with Crippen molar-refractivity contribution in [1.29, 1.82) is 0 Å². The summed E-state index contributed by atoms with van der Waals surface area (Å²) in [5, 5.41) is 14.2. The molecule has 156 valence electrons. The summed E-state index contributed by atoms with van der Waals surface area (Å²) in [6.07, 6.45) is 7.34. The number of likely N-dealkylation sites (N-methyl/N-ethyl adjacent to an activating group) is 1. The van der Waals surface area contributed by atoms with Gasteiger partial charge < -0.3 is 9.63 Å². The fourth-order valence-electron chi connectivity index (χ4n) is 4.21. The highest BCUT2D eigenvalue weighted by molar-refractivity contribution is 5.83. The number of benzene rings is 2. The molecule has 0 aliphatic heterocycles. The largest absolute Gasteiger partial charge is 0.508 e. The van der Waals surface area contributed by atoms with E-state index in [1.165, 1.54) is 0 Å². The van der Waals surface area contributed by atoms with Crippen LogP contribution < -0.4 is 0 Å². The summed E-state index contributed by atoms with van der Waals surface area (Å²) in [4.78, 5) is 10.8. The summed E-state index contributed by atoms with van der Waals surface area (Å²) < 4.78 is 6.05. The van der Waals surface area contributed by atoms with Crippen LogP contribution in [0, 0.1) is 0 Å². The van der Waals surface area contributed by atoms with Crippen LogP contribution in [0.4, 0.5) is 0 Å². The molecule has 0 radical (unpaired) electrons. The predicted molar refractivity (Wildman–Crippen MR) is 118 cm³/mol. The van der Waals surface area contributed by atoms with E-state index in [-0.39, 0.29) is 11.2 Å². The van der Waals surface area contributed by atoms with Gasteiger partial charge in [0.15, 0.2) is 5.76 Å². The highest BCUT2D eigenvalue weighted by atomic mass is 16.5. The fraction of sp³-hybridized carbons (Fsp3) is 0.240. The van der Waals surface area contributed by atoms with E-state index in [2.05, 4.69) is 39.2 Å². The van der Waals surface area contributed by atoms with Crippen molar-refractivity contribution in [3.63, 3.8) is 0 Å². The van der Waals surface area contributed by atoms with Crippen LogP contribution in [0.5, 0.6) is 5.75 Å². The summed E-state index contributed by atoms with van der Waals surface area (Å²) in [6, 6.07) is 17.4. The lowest BCUT2D eigenvalue weighted by atomic mass is 9.91. The number of hydrogen-bond donors (Lipinski definition) is 1. The van der Waals surface area contributed by atoms with E-state index < -0.39 is 0 Å². The Morgan fingerprint density at radius 3 is 2.45 bits per heavy atom. The van der Waals surface area contributed by atoms with E-state index in [0.717, 1.165) is 59.8 Å². The van der Waals surface area contributed by atoms with Gasteiger partial charge in [0, 0.05) is 42.7 Å². The lowest BCUT2D eigenvalue weighted by molar-refractivity contribution is 0.259. The first kappa shape index (κ1) is 19.5. The van der Waals surface area contributed by atoms with Crippen LogP contribution in [0.3, 0.4) is 0 Å². The van der Waals surface area contributed by atoms with Gasteiger partial charge in [-0.3, -0.25) is 14.9 Å². The molecule has 6 heteroatoms. The van der Waals surface area contributed by atoms with Crippen LogP contribution >= 0.6 is 0 Å². The number of nitrogens with zero attached hydrogens (tertiary/aromatic N) is 4. The SMILES string of the molecule is CN(Cc1cnccn1)CC1(c2onc(-c3ccc(O)cc3)c2-c2ccccc2)CC1. The topological polar surface area (TPSA) is 75.3 Å². The molecule has 31 heavy (non-hydrogen) atoms. The van der Waals surface area contributed by atoms with Gasteiger partial charge >= 0.3 is 0 Å². The Balaban J connectivity index is 1.51. The highest BCUT2D eigenvalue weighted by Crippen LogP contribution is 2.53. The molecular weight excluding hydrogens is 388 g/mol. The van der Waals surface area contributed by atoms with Gasteiger partial charge in [0.2, 0.25) is 0 Å². The van der Waals surface area contributed by atoms with Gasteiger partial charge in [-0.15, -0.1) is 0 Å². The maximum absolute atomic E-state index is 9.70. The molecule has 1 saturated carbocycles. The average molecular weight is 412 g/mol. The third kappa shape index (κ3) is 3.94. The van der Waals surface area contributed by atoms with Gasteiger partial charge in [0.25, 0.3) is 0 Å². The second-order valence-corrected chi connectivity index (χ2v) is 8.30. The van der Waals surface area contributed by atoms with Crippen molar-refractivity contribution in [3.8, 4) is 28.1 Å². The van der Waals surface area contributed by atoms with E-state index >= 15 is 0 Å². The predicted octanol–water partition coefficient (Wildman–Crippen LogP) is 4.67.